The fourth-order valence-corrected chi connectivity index (χ4v) is 1.44. The predicted molar refractivity (Wildman–Crippen MR) is 68.1 cm³/mol. The SMILES string of the molecule is CC(=O)NCCNc1cccc(NN)c1[N+](=O)[O-]. The van der Waals surface area contributed by atoms with Crippen molar-refractivity contribution in [2.75, 3.05) is 23.8 Å². The highest BCUT2D eigenvalue weighted by Gasteiger charge is 2.18. The lowest BCUT2D eigenvalue weighted by atomic mass is 10.2. The molecule has 0 saturated heterocycles. The molecule has 0 fully saturated rings. The number of para-hydroxylation sites is 1. The number of anilines is 2. The van der Waals surface area contributed by atoms with Gasteiger partial charge in [-0.2, -0.15) is 0 Å². The van der Waals surface area contributed by atoms with Crippen LogP contribution in [-0.2, 0) is 4.79 Å². The lowest BCUT2D eigenvalue weighted by Crippen LogP contribution is -2.26. The van der Waals surface area contributed by atoms with Crippen LogP contribution in [-0.4, -0.2) is 23.9 Å². The molecular weight excluding hydrogens is 238 g/mol. The van der Waals surface area contributed by atoms with Crippen LogP contribution in [0.15, 0.2) is 18.2 Å². The summed E-state index contributed by atoms with van der Waals surface area (Å²) in [6.45, 7) is 2.17. The standard InChI is InChI=1S/C10H15N5O3/c1-7(16)12-5-6-13-8-3-2-4-9(14-11)10(8)15(17)18/h2-4,13-14H,5-6,11H2,1H3,(H,12,16). The summed E-state index contributed by atoms with van der Waals surface area (Å²) in [5.41, 5.74) is 2.73. The Morgan fingerprint density at radius 2 is 2.06 bits per heavy atom. The average Bonchev–Trinajstić information content (AvgIpc) is 2.33. The second-order valence-electron chi connectivity index (χ2n) is 3.51. The van der Waals surface area contributed by atoms with Gasteiger partial charge in [0.15, 0.2) is 0 Å². The molecule has 0 aromatic heterocycles. The molecule has 18 heavy (non-hydrogen) atoms. The number of amides is 1. The van der Waals surface area contributed by atoms with Gasteiger partial charge in [0.05, 0.1) is 4.92 Å². The van der Waals surface area contributed by atoms with Gasteiger partial charge in [-0.25, -0.2) is 0 Å². The summed E-state index contributed by atoms with van der Waals surface area (Å²) in [6.07, 6.45) is 0. The van der Waals surface area contributed by atoms with E-state index in [0.29, 0.717) is 18.8 Å². The number of rotatable bonds is 6. The Kier molecular flexibility index (Phi) is 4.88. The van der Waals surface area contributed by atoms with Gasteiger partial charge in [0.25, 0.3) is 0 Å². The molecule has 0 radical (unpaired) electrons. The third-order valence-corrected chi connectivity index (χ3v) is 2.19. The van der Waals surface area contributed by atoms with Crippen molar-refractivity contribution in [3.05, 3.63) is 28.3 Å². The largest absolute Gasteiger partial charge is 0.378 e. The zero-order valence-corrected chi connectivity index (χ0v) is 9.90. The maximum absolute atomic E-state index is 10.9. The molecule has 0 aliphatic carbocycles. The van der Waals surface area contributed by atoms with E-state index in [1.165, 1.54) is 13.0 Å². The monoisotopic (exact) mass is 253 g/mol. The second-order valence-corrected chi connectivity index (χ2v) is 3.51. The third-order valence-electron chi connectivity index (χ3n) is 2.19. The number of nitrogens with two attached hydrogens (primary N) is 1. The van der Waals surface area contributed by atoms with Gasteiger partial charge in [-0.1, -0.05) is 6.07 Å². The molecule has 0 spiro atoms. The molecule has 0 bridgehead atoms. The number of nitrogens with one attached hydrogen (secondary N) is 3. The fourth-order valence-electron chi connectivity index (χ4n) is 1.44. The average molecular weight is 253 g/mol. The Morgan fingerprint density at radius 3 is 2.61 bits per heavy atom. The first-order valence-electron chi connectivity index (χ1n) is 5.28. The number of nitrogens with zero attached hydrogens (tertiary/aromatic N) is 1. The molecule has 1 amide bonds. The molecule has 0 unspecified atom stereocenters. The quantitative estimate of drug-likeness (QED) is 0.252. The lowest BCUT2D eigenvalue weighted by Gasteiger charge is -2.09. The van der Waals surface area contributed by atoms with Gasteiger partial charge >= 0.3 is 5.69 Å². The number of benzene rings is 1. The number of carbonyl (C=O) groups is 1. The first kappa shape index (κ1) is 13.7. The van der Waals surface area contributed by atoms with E-state index in [0.717, 1.165) is 0 Å². The van der Waals surface area contributed by atoms with Crippen LogP contribution >= 0.6 is 0 Å². The van der Waals surface area contributed by atoms with Crippen LogP contribution in [0.5, 0.6) is 0 Å². The van der Waals surface area contributed by atoms with E-state index < -0.39 is 4.92 Å². The van der Waals surface area contributed by atoms with E-state index in [-0.39, 0.29) is 17.3 Å². The number of carbonyl (C=O) groups excluding carboxylic acids is 1. The second kappa shape index (κ2) is 6.40. The van der Waals surface area contributed by atoms with Crippen molar-refractivity contribution in [1.29, 1.82) is 0 Å². The van der Waals surface area contributed by atoms with Crippen molar-refractivity contribution in [3.63, 3.8) is 0 Å². The number of hydrogen-bond donors (Lipinski definition) is 4. The van der Waals surface area contributed by atoms with Crippen LogP contribution in [0, 0.1) is 10.1 Å². The summed E-state index contributed by atoms with van der Waals surface area (Å²) < 4.78 is 0. The third kappa shape index (κ3) is 3.59. The van der Waals surface area contributed by atoms with Gasteiger partial charge in [0.1, 0.15) is 11.4 Å². The van der Waals surface area contributed by atoms with E-state index in [2.05, 4.69) is 16.1 Å². The molecule has 8 heteroatoms. The van der Waals surface area contributed by atoms with Gasteiger partial charge in [-0.15, -0.1) is 0 Å². The topological polar surface area (TPSA) is 122 Å². The number of nitrogen functional groups attached to an aromatic ring is 1. The number of hydrogen-bond acceptors (Lipinski definition) is 6. The Hall–Kier alpha value is -2.35. The molecule has 1 rings (SSSR count). The van der Waals surface area contributed by atoms with Gasteiger partial charge in [0.2, 0.25) is 5.91 Å². The lowest BCUT2D eigenvalue weighted by molar-refractivity contribution is -0.383. The Bertz CT molecular complexity index is 449. The summed E-state index contributed by atoms with van der Waals surface area (Å²) in [6, 6.07) is 4.73. The summed E-state index contributed by atoms with van der Waals surface area (Å²) in [5, 5.41) is 16.4. The van der Waals surface area contributed by atoms with Crippen molar-refractivity contribution < 1.29 is 9.72 Å². The zero-order valence-electron chi connectivity index (χ0n) is 9.90. The van der Waals surface area contributed by atoms with E-state index >= 15 is 0 Å². The predicted octanol–water partition coefficient (Wildman–Crippen LogP) is 0.428. The van der Waals surface area contributed by atoms with E-state index in [4.69, 9.17) is 5.84 Å². The van der Waals surface area contributed by atoms with E-state index in [1.54, 1.807) is 12.1 Å². The smallest absolute Gasteiger partial charge is 0.316 e. The maximum atomic E-state index is 10.9. The first-order chi connectivity index (χ1) is 8.56. The number of hydrazine groups is 1. The molecule has 0 aliphatic rings. The van der Waals surface area contributed by atoms with Crippen LogP contribution in [0.4, 0.5) is 17.1 Å². The molecule has 1 aromatic rings. The van der Waals surface area contributed by atoms with E-state index in [9.17, 15) is 14.9 Å². The van der Waals surface area contributed by atoms with Crippen LogP contribution in [0.1, 0.15) is 6.92 Å². The molecule has 5 N–H and O–H groups in total. The Balaban J connectivity index is 2.75. The zero-order chi connectivity index (χ0) is 13.5. The van der Waals surface area contributed by atoms with Gasteiger partial charge in [0, 0.05) is 20.0 Å². The van der Waals surface area contributed by atoms with Crippen molar-refractivity contribution in [1.82, 2.24) is 5.32 Å². The van der Waals surface area contributed by atoms with Gasteiger partial charge in [-0.05, 0) is 12.1 Å². The van der Waals surface area contributed by atoms with Crippen molar-refractivity contribution in [2.45, 2.75) is 6.92 Å². The molecule has 1 aromatic carbocycles. The minimum atomic E-state index is -0.518. The molecule has 0 saturated carbocycles. The molecule has 0 aliphatic heterocycles. The van der Waals surface area contributed by atoms with Gasteiger partial charge < -0.3 is 16.1 Å². The Labute approximate surface area is 104 Å². The van der Waals surface area contributed by atoms with Crippen LogP contribution in [0.2, 0.25) is 0 Å². The van der Waals surface area contributed by atoms with Crippen LogP contribution in [0.3, 0.4) is 0 Å². The molecule has 0 atom stereocenters. The number of nitro benzene ring substituents is 1. The number of nitro groups is 1. The summed E-state index contributed by atoms with van der Waals surface area (Å²) in [5.74, 6) is 5.06. The summed E-state index contributed by atoms with van der Waals surface area (Å²) in [7, 11) is 0. The van der Waals surface area contributed by atoms with E-state index in [1.807, 2.05) is 0 Å². The van der Waals surface area contributed by atoms with Gasteiger partial charge in [-0.3, -0.25) is 20.8 Å². The molecular formula is C10H15N5O3. The fraction of sp³-hybridized carbons (Fsp3) is 0.300. The molecule has 0 heterocycles. The minimum Gasteiger partial charge on any atom is -0.378 e. The van der Waals surface area contributed by atoms with Crippen molar-refractivity contribution >= 4 is 23.0 Å². The van der Waals surface area contributed by atoms with Crippen molar-refractivity contribution in [3.8, 4) is 0 Å². The summed E-state index contributed by atoms with van der Waals surface area (Å²) >= 11 is 0. The Morgan fingerprint density at radius 1 is 1.39 bits per heavy atom. The highest BCUT2D eigenvalue weighted by molar-refractivity contribution is 5.76. The highest BCUT2D eigenvalue weighted by atomic mass is 16.6. The first-order valence-corrected chi connectivity index (χ1v) is 5.28. The maximum Gasteiger partial charge on any atom is 0.316 e. The molecule has 98 valence electrons. The van der Waals surface area contributed by atoms with Crippen LogP contribution in [0.25, 0.3) is 0 Å². The highest BCUT2D eigenvalue weighted by Crippen LogP contribution is 2.31. The van der Waals surface area contributed by atoms with Crippen LogP contribution < -0.4 is 21.9 Å². The normalized spacial score (nSPS) is 9.67. The minimum absolute atomic E-state index is 0.122. The summed E-state index contributed by atoms with van der Waals surface area (Å²) in [4.78, 5) is 21.1. The van der Waals surface area contributed by atoms with Crippen molar-refractivity contribution in [2.24, 2.45) is 5.84 Å². The molecule has 8 nitrogen and oxygen atoms in total.